The molecule has 0 saturated carbocycles. The van der Waals surface area contributed by atoms with Crippen LogP contribution in [0.5, 0.6) is 0 Å². The fourth-order valence-electron chi connectivity index (χ4n) is 3.23. The first-order valence-corrected chi connectivity index (χ1v) is 7.89. The van der Waals surface area contributed by atoms with Crippen LogP contribution >= 0.6 is 24.8 Å². The number of nitrogens with zero attached hydrogens (tertiary/aromatic N) is 3. The Morgan fingerprint density at radius 2 is 2.04 bits per heavy atom. The van der Waals surface area contributed by atoms with Gasteiger partial charge in [-0.25, -0.2) is 0 Å². The van der Waals surface area contributed by atoms with Crippen molar-refractivity contribution in [1.82, 2.24) is 20.0 Å². The van der Waals surface area contributed by atoms with Crippen molar-refractivity contribution in [2.45, 2.75) is 46.1 Å². The summed E-state index contributed by atoms with van der Waals surface area (Å²) in [4.78, 5) is 14.7. The number of nitrogens with one attached hydrogen (secondary N) is 1. The molecule has 0 spiro atoms. The summed E-state index contributed by atoms with van der Waals surface area (Å²) in [6.07, 6.45) is 3.04. The molecule has 1 aliphatic rings. The van der Waals surface area contributed by atoms with E-state index in [2.05, 4.69) is 17.3 Å². The van der Waals surface area contributed by atoms with E-state index in [4.69, 9.17) is 0 Å². The molecule has 2 rings (SSSR count). The van der Waals surface area contributed by atoms with Gasteiger partial charge in [0.25, 0.3) is 0 Å². The lowest BCUT2D eigenvalue weighted by Crippen LogP contribution is -2.48. The SMILES string of the molecule is CNC1CCCN(C(=O)C(C)Cc2c(C)nn(C)c2C)C1.Cl.Cl. The molecule has 7 heteroatoms. The Hall–Kier alpha value is -0.780. The Morgan fingerprint density at radius 1 is 1.39 bits per heavy atom. The quantitative estimate of drug-likeness (QED) is 0.891. The van der Waals surface area contributed by atoms with E-state index in [1.165, 1.54) is 11.3 Å². The summed E-state index contributed by atoms with van der Waals surface area (Å²) in [7, 11) is 3.94. The normalized spacial score (nSPS) is 18.8. The van der Waals surface area contributed by atoms with Crippen molar-refractivity contribution in [3.63, 3.8) is 0 Å². The molecule has 2 heterocycles. The molecule has 0 aromatic carbocycles. The molecule has 5 nitrogen and oxygen atoms in total. The minimum atomic E-state index is 0. The molecule has 1 aromatic rings. The number of amides is 1. The maximum absolute atomic E-state index is 12.7. The fraction of sp³-hybridized carbons (Fsp3) is 0.750. The van der Waals surface area contributed by atoms with Crippen LogP contribution in [-0.2, 0) is 18.3 Å². The second-order valence-electron chi connectivity index (χ2n) is 6.29. The number of piperidine rings is 1. The van der Waals surface area contributed by atoms with Crippen molar-refractivity contribution in [3.05, 3.63) is 17.0 Å². The molecular formula is C16H30Cl2N4O. The summed E-state index contributed by atoms with van der Waals surface area (Å²) in [5, 5.41) is 7.73. The van der Waals surface area contributed by atoms with Crippen LogP contribution in [0.25, 0.3) is 0 Å². The highest BCUT2D eigenvalue weighted by atomic mass is 35.5. The zero-order valence-electron chi connectivity index (χ0n) is 14.8. The van der Waals surface area contributed by atoms with Gasteiger partial charge >= 0.3 is 0 Å². The average molecular weight is 365 g/mol. The largest absolute Gasteiger partial charge is 0.341 e. The minimum absolute atomic E-state index is 0. The lowest BCUT2D eigenvalue weighted by Gasteiger charge is -2.34. The number of halogens is 2. The van der Waals surface area contributed by atoms with Crippen LogP contribution in [0.1, 0.15) is 36.7 Å². The molecule has 1 aliphatic heterocycles. The van der Waals surface area contributed by atoms with Crippen molar-refractivity contribution < 1.29 is 4.79 Å². The van der Waals surface area contributed by atoms with Crippen LogP contribution in [0, 0.1) is 19.8 Å². The summed E-state index contributed by atoms with van der Waals surface area (Å²) in [5.74, 6) is 0.291. The molecule has 2 atom stereocenters. The van der Waals surface area contributed by atoms with Gasteiger partial charge in [0.2, 0.25) is 5.91 Å². The number of likely N-dealkylation sites (tertiary alicyclic amines) is 1. The Kier molecular flexibility index (Phi) is 9.18. The van der Waals surface area contributed by atoms with Crippen molar-refractivity contribution in [2.24, 2.45) is 13.0 Å². The van der Waals surface area contributed by atoms with Crippen LogP contribution in [0.15, 0.2) is 0 Å². The lowest BCUT2D eigenvalue weighted by molar-refractivity contribution is -0.136. The predicted octanol–water partition coefficient (Wildman–Crippen LogP) is 2.27. The van der Waals surface area contributed by atoms with Crippen molar-refractivity contribution in [3.8, 4) is 0 Å². The predicted molar refractivity (Wildman–Crippen MR) is 98.7 cm³/mol. The third-order valence-electron chi connectivity index (χ3n) is 4.73. The Labute approximate surface area is 152 Å². The van der Waals surface area contributed by atoms with E-state index in [0.29, 0.717) is 6.04 Å². The molecule has 1 saturated heterocycles. The third-order valence-corrected chi connectivity index (χ3v) is 4.73. The highest BCUT2D eigenvalue weighted by molar-refractivity contribution is 5.85. The first-order valence-electron chi connectivity index (χ1n) is 7.89. The van der Waals surface area contributed by atoms with Gasteiger partial charge in [-0.05, 0) is 45.7 Å². The van der Waals surface area contributed by atoms with Crippen LogP contribution in [0.4, 0.5) is 0 Å². The second kappa shape index (κ2) is 9.50. The van der Waals surface area contributed by atoms with Crippen LogP contribution in [0.2, 0.25) is 0 Å². The smallest absolute Gasteiger partial charge is 0.225 e. The van der Waals surface area contributed by atoms with Gasteiger partial charge < -0.3 is 10.2 Å². The zero-order valence-corrected chi connectivity index (χ0v) is 16.4. The van der Waals surface area contributed by atoms with Gasteiger partial charge in [-0.3, -0.25) is 9.48 Å². The molecule has 0 bridgehead atoms. The Morgan fingerprint density at radius 3 is 2.57 bits per heavy atom. The van der Waals surface area contributed by atoms with Gasteiger partial charge in [-0.15, -0.1) is 24.8 Å². The highest BCUT2D eigenvalue weighted by Gasteiger charge is 2.27. The molecule has 0 aliphatic carbocycles. The lowest BCUT2D eigenvalue weighted by atomic mass is 9.96. The van der Waals surface area contributed by atoms with E-state index < -0.39 is 0 Å². The molecule has 1 amide bonds. The van der Waals surface area contributed by atoms with E-state index in [-0.39, 0.29) is 36.6 Å². The number of carbonyl (C=O) groups excluding carboxylic acids is 1. The summed E-state index contributed by atoms with van der Waals surface area (Å²) < 4.78 is 1.90. The van der Waals surface area contributed by atoms with E-state index in [1.807, 2.05) is 37.5 Å². The summed E-state index contributed by atoms with van der Waals surface area (Å²) >= 11 is 0. The number of hydrogen-bond acceptors (Lipinski definition) is 3. The van der Waals surface area contributed by atoms with E-state index in [9.17, 15) is 4.79 Å². The number of aryl methyl sites for hydroxylation is 2. The van der Waals surface area contributed by atoms with E-state index in [0.717, 1.165) is 38.0 Å². The number of hydrogen-bond donors (Lipinski definition) is 1. The van der Waals surface area contributed by atoms with Crippen molar-refractivity contribution in [2.75, 3.05) is 20.1 Å². The highest BCUT2D eigenvalue weighted by Crippen LogP contribution is 2.20. The van der Waals surface area contributed by atoms with Gasteiger partial charge in [0, 0.05) is 37.8 Å². The third kappa shape index (κ3) is 5.10. The Balaban J connectivity index is 0.00000242. The standard InChI is InChI=1S/C16H28N4O.2ClH/c1-11(9-15-12(2)18-19(5)13(15)3)16(21)20-8-6-7-14(10-20)17-4;;/h11,14,17H,6-10H2,1-5H3;2*1H. The minimum Gasteiger partial charge on any atom is -0.341 e. The first kappa shape index (κ1) is 22.2. The van der Waals surface area contributed by atoms with Gasteiger partial charge in [-0.2, -0.15) is 5.10 Å². The van der Waals surface area contributed by atoms with Crippen molar-refractivity contribution >= 4 is 30.7 Å². The monoisotopic (exact) mass is 364 g/mol. The summed E-state index contributed by atoms with van der Waals surface area (Å²) in [5.41, 5.74) is 3.43. The maximum Gasteiger partial charge on any atom is 0.225 e. The van der Waals surface area contributed by atoms with Gasteiger partial charge in [0.05, 0.1) is 5.69 Å². The van der Waals surface area contributed by atoms with Crippen LogP contribution in [-0.4, -0.2) is 46.8 Å². The molecule has 134 valence electrons. The van der Waals surface area contributed by atoms with Crippen LogP contribution < -0.4 is 5.32 Å². The molecule has 1 aromatic heterocycles. The number of likely N-dealkylation sites (N-methyl/N-ethyl adjacent to an activating group) is 1. The summed E-state index contributed by atoms with van der Waals surface area (Å²) in [6, 6.07) is 0.441. The van der Waals surface area contributed by atoms with E-state index >= 15 is 0 Å². The number of rotatable bonds is 4. The second-order valence-corrected chi connectivity index (χ2v) is 6.29. The molecular weight excluding hydrogens is 335 g/mol. The first-order chi connectivity index (χ1) is 9.93. The van der Waals surface area contributed by atoms with Crippen LogP contribution in [0.3, 0.4) is 0 Å². The number of carbonyl (C=O) groups is 1. The summed E-state index contributed by atoms with van der Waals surface area (Å²) in [6.45, 7) is 7.87. The molecule has 1 fully saturated rings. The van der Waals surface area contributed by atoms with Crippen molar-refractivity contribution in [1.29, 1.82) is 0 Å². The Bertz CT molecular complexity index is 518. The molecule has 23 heavy (non-hydrogen) atoms. The maximum atomic E-state index is 12.7. The topological polar surface area (TPSA) is 50.2 Å². The zero-order chi connectivity index (χ0) is 15.6. The average Bonchev–Trinajstić information content (AvgIpc) is 2.72. The van der Waals surface area contributed by atoms with E-state index in [1.54, 1.807) is 0 Å². The molecule has 2 unspecified atom stereocenters. The van der Waals surface area contributed by atoms with Gasteiger partial charge in [0.15, 0.2) is 0 Å². The number of aromatic nitrogens is 2. The molecule has 0 radical (unpaired) electrons. The fourth-order valence-corrected chi connectivity index (χ4v) is 3.23. The van der Waals surface area contributed by atoms with Gasteiger partial charge in [0.1, 0.15) is 0 Å². The van der Waals surface area contributed by atoms with Gasteiger partial charge in [-0.1, -0.05) is 6.92 Å². The molecule has 1 N–H and O–H groups in total.